The summed E-state index contributed by atoms with van der Waals surface area (Å²) in [5.74, 6) is 0.178. The average Bonchev–Trinajstić information content (AvgIpc) is 3.93. The van der Waals surface area contributed by atoms with Gasteiger partial charge in [-0.2, -0.15) is 0 Å². The molecule has 3 saturated carbocycles. The van der Waals surface area contributed by atoms with Crippen LogP contribution in [0.25, 0.3) is 0 Å². The van der Waals surface area contributed by atoms with Crippen LogP contribution >= 0.6 is 0 Å². The molecule has 2 aliphatic heterocycles. The summed E-state index contributed by atoms with van der Waals surface area (Å²) in [6, 6.07) is 10.5. The lowest BCUT2D eigenvalue weighted by Crippen LogP contribution is -2.66. The third-order valence-corrected chi connectivity index (χ3v) is 16.9. The summed E-state index contributed by atoms with van der Waals surface area (Å²) < 4.78 is 6.37. The van der Waals surface area contributed by atoms with Crippen LogP contribution in [0, 0.1) is 45.8 Å². The molecule has 2 heterocycles. The highest BCUT2D eigenvalue weighted by molar-refractivity contribution is 6.00. The third kappa shape index (κ3) is 5.49. The topological polar surface area (TPSA) is 169 Å². The smallest absolute Gasteiger partial charge is 0.162 e. The van der Waals surface area contributed by atoms with Gasteiger partial charge in [0.15, 0.2) is 5.78 Å². The van der Waals surface area contributed by atoms with Crippen molar-refractivity contribution in [3.8, 4) is 0 Å². The Labute approximate surface area is 321 Å². The van der Waals surface area contributed by atoms with E-state index in [1.165, 1.54) is 5.56 Å². The molecule has 0 radical (unpaired) electrons. The molecule has 8 rings (SSSR count). The van der Waals surface area contributed by atoms with Crippen molar-refractivity contribution in [2.45, 2.75) is 140 Å². The number of hydrogen-bond donors (Lipinski definition) is 7. The summed E-state index contributed by atoms with van der Waals surface area (Å²) >= 11 is 0. The number of carbonyl (C=O) groups is 1. The van der Waals surface area contributed by atoms with Gasteiger partial charge in [-0.15, -0.1) is 0 Å². The van der Waals surface area contributed by atoms with Gasteiger partial charge in [-0.05, 0) is 142 Å². The Hall–Kier alpha value is -2.53. The van der Waals surface area contributed by atoms with E-state index in [2.05, 4.69) is 49.5 Å². The number of benzene rings is 1. The minimum absolute atomic E-state index is 0.0205. The van der Waals surface area contributed by atoms with Crippen LogP contribution in [0.15, 0.2) is 65.0 Å². The first-order chi connectivity index (χ1) is 25.4. The van der Waals surface area contributed by atoms with Gasteiger partial charge in [0.05, 0.1) is 35.3 Å². The predicted octanol–water partition coefficient (Wildman–Crippen LogP) is 4.85. The second-order valence-electron chi connectivity index (χ2n) is 19.7. The lowest BCUT2D eigenvalue weighted by molar-refractivity contribution is -0.177. The van der Waals surface area contributed by atoms with Gasteiger partial charge in [-0.1, -0.05) is 57.2 Å². The van der Waals surface area contributed by atoms with E-state index in [0.29, 0.717) is 63.7 Å². The number of allylic oxidation sites excluding steroid dienone is 3. The molecule has 9 heteroatoms. The third-order valence-electron chi connectivity index (χ3n) is 16.9. The Morgan fingerprint density at radius 1 is 1.04 bits per heavy atom. The first-order valence-corrected chi connectivity index (χ1v) is 20.8. The zero-order chi connectivity index (χ0) is 38.6. The van der Waals surface area contributed by atoms with E-state index in [1.54, 1.807) is 6.92 Å². The number of fused-ring (bicyclic) bond motifs is 2. The van der Waals surface area contributed by atoms with Gasteiger partial charge in [-0.25, -0.2) is 0 Å². The largest absolute Gasteiger partial charge is 0.396 e. The predicted molar refractivity (Wildman–Crippen MR) is 206 cm³/mol. The molecule has 54 heavy (non-hydrogen) atoms. The van der Waals surface area contributed by atoms with Crippen molar-refractivity contribution in [1.82, 2.24) is 5.32 Å². The summed E-state index contributed by atoms with van der Waals surface area (Å²) in [6.45, 7) is 10.2. The number of aliphatic hydroxyl groups is 5. The lowest BCUT2D eigenvalue weighted by Gasteiger charge is -2.65. The molecule has 0 spiro atoms. The lowest BCUT2D eigenvalue weighted by atomic mass is 9.40. The van der Waals surface area contributed by atoms with Crippen molar-refractivity contribution in [3.63, 3.8) is 0 Å². The van der Waals surface area contributed by atoms with E-state index >= 15 is 0 Å². The van der Waals surface area contributed by atoms with Gasteiger partial charge in [0.25, 0.3) is 0 Å². The minimum atomic E-state index is -1.46. The molecular weight excluding hydrogens is 681 g/mol. The number of Topliss-reactive ketones (excluding diaryl/α,β-unsaturated/α-hetero) is 1. The number of dihydropyridines is 1. The van der Waals surface area contributed by atoms with E-state index < -0.39 is 45.9 Å². The van der Waals surface area contributed by atoms with Crippen LogP contribution in [0.5, 0.6) is 0 Å². The van der Waals surface area contributed by atoms with Gasteiger partial charge in [0, 0.05) is 23.3 Å². The van der Waals surface area contributed by atoms with Crippen molar-refractivity contribution < 1.29 is 35.1 Å². The fourth-order valence-electron chi connectivity index (χ4n) is 13.4. The van der Waals surface area contributed by atoms with Crippen LogP contribution < -0.4 is 11.1 Å². The van der Waals surface area contributed by atoms with E-state index in [0.717, 1.165) is 36.0 Å². The number of rotatable bonds is 11. The highest BCUT2D eigenvalue weighted by Crippen LogP contribution is 2.75. The Balaban J connectivity index is 1.13. The maximum Gasteiger partial charge on any atom is 0.162 e. The Morgan fingerprint density at radius 3 is 2.48 bits per heavy atom. The summed E-state index contributed by atoms with van der Waals surface area (Å²) in [5.41, 5.74) is 3.92. The van der Waals surface area contributed by atoms with Gasteiger partial charge >= 0.3 is 0 Å². The number of nitrogens with two attached hydrogens (primary N) is 1. The highest BCUT2D eigenvalue weighted by Gasteiger charge is 2.77. The second kappa shape index (κ2) is 13.0. The molecule has 0 amide bonds. The fraction of sp³-hybridized carbons (Fsp3) is 0.711. The van der Waals surface area contributed by atoms with Gasteiger partial charge in [-0.3, -0.25) is 4.79 Å². The first-order valence-electron chi connectivity index (χ1n) is 20.8. The number of hydrogen-bond acceptors (Lipinski definition) is 9. The quantitative estimate of drug-likeness (QED) is 0.157. The molecule has 4 fully saturated rings. The molecule has 0 unspecified atom stereocenters. The van der Waals surface area contributed by atoms with Crippen molar-refractivity contribution in [2.24, 2.45) is 51.6 Å². The van der Waals surface area contributed by atoms with Crippen molar-refractivity contribution in [3.05, 3.63) is 70.6 Å². The number of carbonyl (C=O) groups excluding carboxylic acids is 1. The average molecular weight is 745 g/mol. The number of nitrogens with one attached hydrogen (secondary N) is 1. The van der Waals surface area contributed by atoms with E-state index in [9.17, 15) is 30.3 Å². The monoisotopic (exact) mass is 744 g/mol. The van der Waals surface area contributed by atoms with Crippen LogP contribution in [0.2, 0.25) is 0 Å². The van der Waals surface area contributed by atoms with Crippen LogP contribution in [0.3, 0.4) is 0 Å². The van der Waals surface area contributed by atoms with Crippen LogP contribution in [-0.4, -0.2) is 79.6 Å². The van der Waals surface area contributed by atoms with Crippen molar-refractivity contribution >= 4 is 5.78 Å². The summed E-state index contributed by atoms with van der Waals surface area (Å²) in [6.07, 6.45) is 9.47. The van der Waals surface area contributed by atoms with Crippen molar-refractivity contribution in [1.29, 1.82) is 0 Å². The molecule has 14 atom stereocenters. The van der Waals surface area contributed by atoms with Crippen LogP contribution in [0.4, 0.5) is 0 Å². The van der Waals surface area contributed by atoms with Gasteiger partial charge in [0.2, 0.25) is 0 Å². The second-order valence-corrected chi connectivity index (χ2v) is 19.7. The molecule has 1 aromatic carbocycles. The van der Waals surface area contributed by atoms with Crippen LogP contribution in [0.1, 0.15) is 104 Å². The van der Waals surface area contributed by atoms with Crippen LogP contribution in [-0.2, 0) is 16.0 Å². The Bertz CT molecular complexity index is 1750. The molecule has 8 N–H and O–H groups in total. The zero-order valence-corrected chi connectivity index (χ0v) is 33.0. The highest BCUT2D eigenvalue weighted by atomic mass is 16.6. The Kier molecular flexibility index (Phi) is 9.23. The maximum absolute atomic E-state index is 14.6. The summed E-state index contributed by atoms with van der Waals surface area (Å²) in [4.78, 5) is 14.6. The van der Waals surface area contributed by atoms with Gasteiger partial charge in [0.1, 0.15) is 12.2 Å². The molecule has 1 saturated heterocycles. The zero-order valence-electron chi connectivity index (χ0n) is 33.0. The van der Waals surface area contributed by atoms with E-state index in [-0.39, 0.29) is 47.4 Å². The molecule has 296 valence electrons. The Morgan fingerprint density at radius 2 is 1.78 bits per heavy atom. The fourth-order valence-corrected chi connectivity index (χ4v) is 13.4. The first kappa shape index (κ1) is 38.3. The summed E-state index contributed by atoms with van der Waals surface area (Å²) in [7, 11) is 0. The number of epoxide rings is 1. The number of ether oxygens (including phenoxy) is 1. The normalized spacial score (nSPS) is 43.0. The standard InChI is InChI=1S/C45H64N2O7/c1-40(25-48,18-15-27-17-20-47-34(46)21-27)44(5,52)39-38(54-39)43(4,51)33-22-29-13-14-31-36-35(41(2)19-16-30(49)23-32(41)37(31)50)28(24-42(33,3)45(29,36)53)12-11-26-9-7-6-8-10-26/h6-10,17,21,28-30,32-33,35,38-39,47-49,51-53H,11-16,18-20,22-25,46H2,1-5H3/t28-,29+,30+,32+,33+,35+,38+,39+,40+,41+,42-,43-,44+,45-/m1/s1. The van der Waals surface area contributed by atoms with Gasteiger partial charge < -0.3 is 41.3 Å². The van der Waals surface area contributed by atoms with E-state index in [1.807, 2.05) is 26.0 Å². The minimum Gasteiger partial charge on any atom is -0.396 e. The molecule has 0 bridgehead atoms. The summed E-state index contributed by atoms with van der Waals surface area (Å²) in [5, 5.41) is 63.4. The maximum atomic E-state index is 14.6. The number of aryl methyl sites for hydroxylation is 1. The molecule has 0 aromatic heterocycles. The van der Waals surface area contributed by atoms with E-state index in [4.69, 9.17) is 10.5 Å². The molecular formula is C45H64N2O7. The SMILES string of the molecule is C[C@@](O)([C@H]1C[C@@H]2CCC3=C4[C@H]([C@H](CCc5ccccc5)C[C@@]1(C)[C@]42O)[C@@]1(C)CC[C@H](O)C[C@H]1C3=O)[C@H]1O[C@@H]1[C@](C)(O)[C@](C)(CO)CCC1=CCNC(N)=C1. The molecule has 7 aliphatic rings. The molecule has 5 aliphatic carbocycles. The van der Waals surface area contributed by atoms with Crippen molar-refractivity contribution in [2.75, 3.05) is 13.2 Å². The molecule has 1 aromatic rings. The number of aliphatic hydroxyl groups excluding tert-OH is 2. The number of ketones is 1. The molecule has 9 nitrogen and oxygen atoms in total.